The van der Waals surface area contributed by atoms with E-state index >= 15 is 0 Å². The average Bonchev–Trinajstić information content (AvgIpc) is 2.87. The molecule has 23 heavy (non-hydrogen) atoms. The third kappa shape index (κ3) is 4.99. The molecule has 0 aliphatic rings. The molecule has 0 atom stereocenters. The van der Waals surface area contributed by atoms with E-state index in [2.05, 4.69) is 15.5 Å². The van der Waals surface area contributed by atoms with Gasteiger partial charge in [0.2, 0.25) is 11.9 Å². The molecule has 122 valence electrons. The molecule has 1 aromatic heterocycles. The van der Waals surface area contributed by atoms with Gasteiger partial charge in [0.1, 0.15) is 6.54 Å². The van der Waals surface area contributed by atoms with Crippen molar-refractivity contribution in [3.63, 3.8) is 0 Å². The van der Waals surface area contributed by atoms with Crippen LogP contribution >= 0.6 is 11.8 Å². The predicted octanol–water partition coefficient (Wildman–Crippen LogP) is 1.15. The number of nitrogens with zero attached hydrogens (tertiary/aromatic N) is 3. The standard InChI is InChI=1S/C14H17N5O3S/c1-2-22-12(21)9-23-14-18-17-13(15)19(14)8-11(20)16-10-6-4-3-5-7-10/h3-7H,2,8-9H2,1H3,(H2,15,17)(H,16,20). The molecule has 2 aromatic rings. The van der Waals surface area contributed by atoms with Crippen LogP contribution in [0, 0.1) is 0 Å². The molecule has 0 saturated heterocycles. The third-order valence-corrected chi connectivity index (χ3v) is 3.67. The summed E-state index contributed by atoms with van der Waals surface area (Å²) in [6, 6.07) is 9.07. The van der Waals surface area contributed by atoms with Crippen molar-refractivity contribution in [2.24, 2.45) is 0 Å². The van der Waals surface area contributed by atoms with Gasteiger partial charge in [-0.05, 0) is 19.1 Å². The van der Waals surface area contributed by atoms with Gasteiger partial charge in [-0.3, -0.25) is 14.2 Å². The third-order valence-electron chi connectivity index (χ3n) is 2.73. The summed E-state index contributed by atoms with van der Waals surface area (Å²) in [6.45, 7) is 2.00. The summed E-state index contributed by atoms with van der Waals surface area (Å²) in [7, 11) is 0. The number of esters is 1. The Morgan fingerprint density at radius 3 is 2.74 bits per heavy atom. The number of carbonyl (C=O) groups excluding carboxylic acids is 2. The van der Waals surface area contributed by atoms with Crippen LogP contribution in [0.3, 0.4) is 0 Å². The topological polar surface area (TPSA) is 112 Å². The number of ether oxygens (including phenoxy) is 1. The number of hydrogen-bond donors (Lipinski definition) is 2. The molecule has 1 heterocycles. The number of nitrogens with two attached hydrogens (primary N) is 1. The lowest BCUT2D eigenvalue weighted by Crippen LogP contribution is -2.20. The second-order valence-corrected chi connectivity index (χ2v) is 5.38. The van der Waals surface area contributed by atoms with Gasteiger partial charge in [-0.15, -0.1) is 10.2 Å². The maximum atomic E-state index is 12.1. The molecule has 3 N–H and O–H groups in total. The molecule has 0 aliphatic carbocycles. The lowest BCUT2D eigenvalue weighted by Gasteiger charge is -2.08. The van der Waals surface area contributed by atoms with Gasteiger partial charge >= 0.3 is 5.97 Å². The minimum atomic E-state index is -0.362. The predicted molar refractivity (Wildman–Crippen MR) is 86.9 cm³/mol. The van der Waals surface area contributed by atoms with E-state index in [4.69, 9.17) is 10.5 Å². The van der Waals surface area contributed by atoms with Crippen molar-refractivity contribution in [3.05, 3.63) is 30.3 Å². The molecule has 0 bridgehead atoms. The number of amides is 1. The molecule has 1 aromatic carbocycles. The average molecular weight is 335 g/mol. The van der Waals surface area contributed by atoms with Crippen molar-refractivity contribution in [1.29, 1.82) is 0 Å². The van der Waals surface area contributed by atoms with Crippen LogP contribution in [0.2, 0.25) is 0 Å². The number of nitrogens with one attached hydrogen (secondary N) is 1. The van der Waals surface area contributed by atoms with Crippen molar-refractivity contribution in [1.82, 2.24) is 14.8 Å². The number of benzene rings is 1. The molecule has 0 aliphatic heterocycles. The Hall–Kier alpha value is -2.55. The van der Waals surface area contributed by atoms with Gasteiger partial charge in [0, 0.05) is 5.69 Å². The number of hydrogen-bond acceptors (Lipinski definition) is 7. The zero-order valence-electron chi connectivity index (χ0n) is 12.6. The van der Waals surface area contributed by atoms with Crippen molar-refractivity contribution in [2.45, 2.75) is 18.6 Å². The Bertz CT molecular complexity index is 674. The number of nitrogen functional groups attached to an aromatic ring is 1. The number of anilines is 2. The Labute approximate surface area is 137 Å². The highest BCUT2D eigenvalue weighted by Gasteiger charge is 2.15. The SMILES string of the molecule is CCOC(=O)CSc1nnc(N)n1CC(=O)Nc1ccccc1. The quantitative estimate of drug-likeness (QED) is 0.576. The van der Waals surface area contributed by atoms with Crippen molar-refractivity contribution in [2.75, 3.05) is 23.4 Å². The van der Waals surface area contributed by atoms with Crippen LogP contribution in [-0.4, -0.2) is 39.0 Å². The zero-order chi connectivity index (χ0) is 16.7. The molecular weight excluding hydrogens is 318 g/mol. The van der Waals surface area contributed by atoms with E-state index in [1.807, 2.05) is 18.2 Å². The summed E-state index contributed by atoms with van der Waals surface area (Å²) in [6.07, 6.45) is 0. The fraction of sp³-hybridized carbons (Fsp3) is 0.286. The van der Waals surface area contributed by atoms with Gasteiger partial charge in [0.15, 0.2) is 5.16 Å². The minimum Gasteiger partial charge on any atom is -0.465 e. The van der Waals surface area contributed by atoms with Crippen molar-refractivity contribution < 1.29 is 14.3 Å². The first kappa shape index (κ1) is 16.8. The van der Waals surface area contributed by atoms with E-state index in [1.165, 1.54) is 4.57 Å². The minimum absolute atomic E-state index is 0.0428. The van der Waals surface area contributed by atoms with Crippen LogP contribution in [0.1, 0.15) is 6.92 Å². The lowest BCUT2D eigenvalue weighted by molar-refractivity contribution is -0.139. The van der Waals surface area contributed by atoms with Gasteiger partial charge in [0.25, 0.3) is 0 Å². The second kappa shape index (κ2) is 8.18. The summed E-state index contributed by atoms with van der Waals surface area (Å²) in [5.74, 6) is -0.439. The van der Waals surface area contributed by atoms with E-state index < -0.39 is 0 Å². The summed E-state index contributed by atoms with van der Waals surface area (Å²) >= 11 is 1.12. The molecular formula is C14H17N5O3S. The van der Waals surface area contributed by atoms with Gasteiger partial charge in [-0.25, -0.2) is 0 Å². The Balaban J connectivity index is 1.98. The van der Waals surface area contributed by atoms with Crippen molar-refractivity contribution >= 4 is 35.3 Å². The largest absolute Gasteiger partial charge is 0.465 e. The van der Waals surface area contributed by atoms with E-state index in [9.17, 15) is 9.59 Å². The smallest absolute Gasteiger partial charge is 0.316 e. The number of para-hydroxylation sites is 1. The Morgan fingerprint density at radius 2 is 2.04 bits per heavy atom. The molecule has 9 heteroatoms. The van der Waals surface area contributed by atoms with E-state index in [-0.39, 0.29) is 30.1 Å². The normalized spacial score (nSPS) is 10.3. The maximum Gasteiger partial charge on any atom is 0.316 e. The Morgan fingerprint density at radius 1 is 1.30 bits per heavy atom. The highest BCUT2D eigenvalue weighted by atomic mass is 32.2. The summed E-state index contributed by atoms with van der Waals surface area (Å²) in [5.41, 5.74) is 6.41. The van der Waals surface area contributed by atoms with Crippen molar-refractivity contribution in [3.8, 4) is 0 Å². The molecule has 2 rings (SSSR count). The lowest BCUT2D eigenvalue weighted by atomic mass is 10.3. The summed E-state index contributed by atoms with van der Waals surface area (Å²) < 4.78 is 6.29. The van der Waals surface area contributed by atoms with Crippen LogP contribution in [-0.2, 0) is 20.9 Å². The first-order valence-electron chi connectivity index (χ1n) is 6.92. The molecule has 8 nitrogen and oxygen atoms in total. The maximum absolute atomic E-state index is 12.1. The van der Waals surface area contributed by atoms with Gasteiger partial charge in [-0.2, -0.15) is 0 Å². The summed E-state index contributed by atoms with van der Waals surface area (Å²) in [5, 5.41) is 10.7. The molecule has 0 saturated carbocycles. The molecule has 1 amide bonds. The monoisotopic (exact) mass is 335 g/mol. The molecule has 0 radical (unpaired) electrons. The second-order valence-electron chi connectivity index (χ2n) is 4.43. The summed E-state index contributed by atoms with van der Waals surface area (Å²) in [4.78, 5) is 23.5. The number of aromatic nitrogens is 3. The molecule has 0 fully saturated rings. The highest BCUT2D eigenvalue weighted by molar-refractivity contribution is 7.99. The van der Waals surface area contributed by atoms with E-state index in [1.54, 1.807) is 19.1 Å². The number of thioether (sulfide) groups is 1. The highest BCUT2D eigenvalue weighted by Crippen LogP contribution is 2.18. The first-order valence-corrected chi connectivity index (χ1v) is 7.90. The van der Waals surface area contributed by atoms with Crippen LogP contribution in [0.25, 0.3) is 0 Å². The Kier molecular flexibility index (Phi) is 5.98. The van der Waals surface area contributed by atoms with Crippen LogP contribution in [0.5, 0.6) is 0 Å². The van der Waals surface area contributed by atoms with Gasteiger partial charge in [-0.1, -0.05) is 30.0 Å². The van der Waals surface area contributed by atoms with E-state index in [0.717, 1.165) is 11.8 Å². The number of rotatable bonds is 7. The fourth-order valence-electron chi connectivity index (χ4n) is 1.75. The van der Waals surface area contributed by atoms with Gasteiger partial charge < -0.3 is 15.8 Å². The number of carbonyl (C=O) groups is 2. The first-order chi connectivity index (χ1) is 11.1. The zero-order valence-corrected chi connectivity index (χ0v) is 13.4. The van der Waals surface area contributed by atoms with Crippen LogP contribution in [0.15, 0.2) is 35.5 Å². The van der Waals surface area contributed by atoms with Gasteiger partial charge in [0.05, 0.1) is 12.4 Å². The fourth-order valence-corrected chi connectivity index (χ4v) is 2.49. The van der Waals surface area contributed by atoms with Crippen LogP contribution in [0.4, 0.5) is 11.6 Å². The molecule has 0 spiro atoms. The molecule has 0 unspecified atom stereocenters. The van der Waals surface area contributed by atoms with E-state index in [0.29, 0.717) is 17.5 Å². The van der Waals surface area contributed by atoms with Crippen LogP contribution < -0.4 is 11.1 Å².